The molecule has 0 amide bonds. The zero-order valence-corrected chi connectivity index (χ0v) is 7.41. The van der Waals surface area contributed by atoms with Crippen LogP contribution in [0.3, 0.4) is 0 Å². The molecule has 1 rings (SSSR count). The van der Waals surface area contributed by atoms with Crippen LogP contribution >= 0.6 is 23.2 Å². The van der Waals surface area contributed by atoms with Crippen LogP contribution in [0.2, 0.25) is 5.15 Å². The van der Waals surface area contributed by atoms with Gasteiger partial charge in [-0.3, -0.25) is 0 Å². The Kier molecular flexibility index (Phi) is 3.23. The van der Waals surface area contributed by atoms with Gasteiger partial charge in [-0.2, -0.15) is 0 Å². The topological polar surface area (TPSA) is 12.9 Å². The van der Waals surface area contributed by atoms with Crippen molar-refractivity contribution in [3.8, 4) is 0 Å². The predicted molar refractivity (Wildman–Crippen MR) is 43.8 cm³/mol. The highest BCUT2D eigenvalue weighted by atomic mass is 35.5. The zero-order chi connectivity index (χ0) is 9.14. The van der Waals surface area contributed by atoms with Crippen molar-refractivity contribution in [2.75, 3.05) is 0 Å². The lowest BCUT2D eigenvalue weighted by molar-refractivity contribution is 0.151. The fourth-order valence-electron chi connectivity index (χ4n) is 0.768. The van der Waals surface area contributed by atoms with E-state index in [-0.39, 0.29) is 16.6 Å². The fourth-order valence-corrected chi connectivity index (χ4v) is 1.14. The van der Waals surface area contributed by atoms with Crippen molar-refractivity contribution in [3.05, 3.63) is 28.5 Å². The summed E-state index contributed by atoms with van der Waals surface area (Å²) in [4.78, 5) is 3.73. The van der Waals surface area contributed by atoms with Crippen LogP contribution in [-0.2, 0) is 5.88 Å². The summed E-state index contributed by atoms with van der Waals surface area (Å²) in [5.74, 6) is 0.0836. The number of pyridine rings is 1. The van der Waals surface area contributed by atoms with Crippen molar-refractivity contribution in [1.29, 1.82) is 0 Å². The van der Waals surface area contributed by atoms with Gasteiger partial charge in [0, 0.05) is 5.56 Å². The van der Waals surface area contributed by atoms with E-state index in [0.717, 1.165) is 6.07 Å². The summed E-state index contributed by atoms with van der Waals surface area (Å²) in [5.41, 5.74) is 0.213. The molecule has 5 heteroatoms. The van der Waals surface area contributed by atoms with Crippen LogP contribution in [-0.4, -0.2) is 4.98 Å². The average Bonchev–Trinajstić information content (AvgIpc) is 2.03. The van der Waals surface area contributed by atoms with Crippen LogP contribution in [0.1, 0.15) is 17.7 Å². The summed E-state index contributed by atoms with van der Waals surface area (Å²) < 4.78 is 24.3. The van der Waals surface area contributed by atoms with Gasteiger partial charge in [-0.1, -0.05) is 11.6 Å². The van der Waals surface area contributed by atoms with Gasteiger partial charge < -0.3 is 0 Å². The summed E-state index contributed by atoms with van der Waals surface area (Å²) >= 11 is 10.9. The van der Waals surface area contributed by atoms with Crippen molar-refractivity contribution < 1.29 is 8.78 Å². The minimum absolute atomic E-state index is 0.0449. The van der Waals surface area contributed by atoms with Crippen LogP contribution < -0.4 is 0 Å². The van der Waals surface area contributed by atoms with Gasteiger partial charge in [-0.25, -0.2) is 13.8 Å². The van der Waals surface area contributed by atoms with Gasteiger partial charge in [0.15, 0.2) is 0 Å². The van der Waals surface area contributed by atoms with Gasteiger partial charge in [0.05, 0.1) is 11.6 Å². The molecule has 1 heterocycles. The lowest BCUT2D eigenvalue weighted by Crippen LogP contribution is -1.91. The number of alkyl halides is 3. The summed E-state index contributed by atoms with van der Waals surface area (Å²) in [7, 11) is 0. The van der Waals surface area contributed by atoms with E-state index in [1.54, 1.807) is 0 Å². The first-order valence-corrected chi connectivity index (χ1v) is 4.05. The van der Waals surface area contributed by atoms with Crippen LogP contribution in [0, 0.1) is 0 Å². The molecule has 1 aromatic rings. The maximum absolute atomic E-state index is 12.1. The average molecular weight is 212 g/mol. The largest absolute Gasteiger partial charge is 0.264 e. The highest BCUT2D eigenvalue weighted by Crippen LogP contribution is 2.22. The summed E-state index contributed by atoms with van der Waals surface area (Å²) in [6.45, 7) is 0. The number of halogens is 4. The van der Waals surface area contributed by atoms with Crippen molar-refractivity contribution >= 4 is 23.2 Å². The maximum Gasteiger partial charge on any atom is 0.264 e. The first-order chi connectivity index (χ1) is 5.63. The number of rotatable bonds is 2. The molecular weight excluding hydrogens is 207 g/mol. The molecule has 0 aliphatic rings. The predicted octanol–water partition coefficient (Wildman–Crippen LogP) is 3.41. The van der Waals surface area contributed by atoms with E-state index in [9.17, 15) is 8.78 Å². The van der Waals surface area contributed by atoms with E-state index in [1.165, 1.54) is 6.07 Å². The molecule has 0 saturated carbocycles. The fraction of sp³-hybridized carbons (Fsp3) is 0.286. The molecule has 12 heavy (non-hydrogen) atoms. The Bertz CT molecular complexity index is 278. The van der Waals surface area contributed by atoms with E-state index in [1.807, 2.05) is 0 Å². The molecule has 1 aromatic heterocycles. The van der Waals surface area contributed by atoms with Gasteiger partial charge in [0.1, 0.15) is 5.15 Å². The standard InChI is InChI=1S/C7H5Cl2F2N/c8-3-5-1-4(7(10)11)2-6(9)12-5/h1-2,7H,3H2. The monoisotopic (exact) mass is 211 g/mol. The molecule has 1 nitrogen and oxygen atoms in total. The quantitative estimate of drug-likeness (QED) is 0.540. The van der Waals surface area contributed by atoms with E-state index in [0.29, 0.717) is 5.69 Å². The molecule has 0 N–H and O–H groups in total. The smallest absolute Gasteiger partial charge is 0.240 e. The summed E-state index contributed by atoms with van der Waals surface area (Å²) in [6, 6.07) is 2.37. The molecule has 0 saturated heterocycles. The molecule has 0 spiro atoms. The highest BCUT2D eigenvalue weighted by molar-refractivity contribution is 6.29. The second-order valence-electron chi connectivity index (χ2n) is 2.15. The van der Waals surface area contributed by atoms with Crippen LogP contribution in [0.4, 0.5) is 8.78 Å². The minimum atomic E-state index is -2.53. The molecular formula is C7H5Cl2F2N. The van der Waals surface area contributed by atoms with E-state index in [4.69, 9.17) is 23.2 Å². The number of aromatic nitrogens is 1. The first kappa shape index (κ1) is 9.68. The van der Waals surface area contributed by atoms with Gasteiger partial charge >= 0.3 is 0 Å². The van der Waals surface area contributed by atoms with Crippen molar-refractivity contribution in [2.45, 2.75) is 12.3 Å². The Hall–Kier alpha value is -0.410. The molecule has 0 radical (unpaired) electrons. The third kappa shape index (κ3) is 2.29. The van der Waals surface area contributed by atoms with Gasteiger partial charge in [0.25, 0.3) is 6.43 Å². The number of hydrogen-bond donors (Lipinski definition) is 0. The Morgan fingerprint density at radius 2 is 2.08 bits per heavy atom. The molecule has 66 valence electrons. The Morgan fingerprint density at radius 1 is 1.42 bits per heavy atom. The van der Waals surface area contributed by atoms with E-state index < -0.39 is 6.43 Å². The molecule has 0 aromatic carbocycles. The van der Waals surface area contributed by atoms with Crippen LogP contribution in [0.15, 0.2) is 12.1 Å². The first-order valence-electron chi connectivity index (χ1n) is 3.14. The lowest BCUT2D eigenvalue weighted by Gasteiger charge is -2.01. The third-order valence-corrected chi connectivity index (χ3v) is 1.73. The second-order valence-corrected chi connectivity index (χ2v) is 2.80. The third-order valence-electron chi connectivity index (χ3n) is 1.26. The molecule has 0 fully saturated rings. The summed E-state index contributed by atoms with van der Waals surface area (Å²) in [6.07, 6.45) is -2.53. The SMILES string of the molecule is FC(F)c1cc(Cl)nc(CCl)c1. The second kappa shape index (κ2) is 4.01. The van der Waals surface area contributed by atoms with Crippen molar-refractivity contribution in [3.63, 3.8) is 0 Å². The maximum atomic E-state index is 12.1. The Balaban J connectivity index is 3.06. The Labute approximate surface area is 78.3 Å². The van der Waals surface area contributed by atoms with E-state index >= 15 is 0 Å². The highest BCUT2D eigenvalue weighted by Gasteiger charge is 2.09. The molecule has 0 bridgehead atoms. The van der Waals surface area contributed by atoms with Crippen LogP contribution in [0.25, 0.3) is 0 Å². The zero-order valence-electron chi connectivity index (χ0n) is 5.90. The van der Waals surface area contributed by atoms with E-state index in [2.05, 4.69) is 4.98 Å². The van der Waals surface area contributed by atoms with Crippen molar-refractivity contribution in [1.82, 2.24) is 4.98 Å². The molecule has 0 aliphatic heterocycles. The molecule has 0 unspecified atom stereocenters. The Morgan fingerprint density at radius 3 is 2.58 bits per heavy atom. The number of hydrogen-bond acceptors (Lipinski definition) is 1. The van der Waals surface area contributed by atoms with Gasteiger partial charge in [0.2, 0.25) is 0 Å². The van der Waals surface area contributed by atoms with Gasteiger partial charge in [-0.05, 0) is 12.1 Å². The van der Waals surface area contributed by atoms with Crippen LogP contribution in [0.5, 0.6) is 0 Å². The normalized spacial score (nSPS) is 10.8. The summed E-state index contributed by atoms with van der Waals surface area (Å²) in [5, 5.41) is 0.0449. The van der Waals surface area contributed by atoms with Gasteiger partial charge in [-0.15, -0.1) is 11.6 Å². The number of nitrogens with zero attached hydrogens (tertiary/aromatic N) is 1. The molecule has 0 aliphatic carbocycles. The minimum Gasteiger partial charge on any atom is -0.240 e. The van der Waals surface area contributed by atoms with Crippen molar-refractivity contribution in [2.24, 2.45) is 0 Å². The lowest BCUT2D eigenvalue weighted by atomic mass is 10.2. The molecule has 0 atom stereocenters.